The average Bonchev–Trinajstić information content (AvgIpc) is 2.57. The number of hydrogen-bond donors (Lipinski definition) is 0. The summed E-state index contributed by atoms with van der Waals surface area (Å²) in [6.45, 7) is 4.97. The number of ether oxygens (including phenoxy) is 1. The standard InChI is InChI=1S/C10H17NO/c1-2-9-12-10-5-8-11-6-3-4-7-11/h3-4,6-7H,2,5,8-10H2,1H3. The Hall–Kier alpha value is -0.760. The molecule has 1 aromatic rings. The van der Waals surface area contributed by atoms with Gasteiger partial charge in [0.1, 0.15) is 0 Å². The van der Waals surface area contributed by atoms with Crippen molar-refractivity contribution in [2.45, 2.75) is 26.3 Å². The first-order chi connectivity index (χ1) is 5.93. The van der Waals surface area contributed by atoms with Crippen LogP contribution in [0.25, 0.3) is 0 Å². The first-order valence-corrected chi connectivity index (χ1v) is 4.62. The summed E-state index contributed by atoms with van der Waals surface area (Å²) in [7, 11) is 0. The van der Waals surface area contributed by atoms with Crippen LogP contribution in [-0.2, 0) is 11.3 Å². The molecule has 1 aromatic heterocycles. The summed E-state index contributed by atoms with van der Waals surface area (Å²) >= 11 is 0. The average molecular weight is 167 g/mol. The van der Waals surface area contributed by atoms with Gasteiger partial charge >= 0.3 is 0 Å². The Bertz CT molecular complexity index is 182. The molecule has 0 aliphatic rings. The first kappa shape index (κ1) is 9.33. The Balaban J connectivity index is 1.96. The Labute approximate surface area is 74.2 Å². The molecule has 0 aliphatic carbocycles. The zero-order chi connectivity index (χ0) is 8.65. The van der Waals surface area contributed by atoms with Crippen molar-refractivity contribution in [2.75, 3.05) is 13.2 Å². The SMILES string of the molecule is CCCOCCCn1cccc1. The van der Waals surface area contributed by atoms with Crippen molar-refractivity contribution >= 4 is 0 Å². The van der Waals surface area contributed by atoms with Crippen LogP contribution in [-0.4, -0.2) is 17.8 Å². The third-order valence-electron chi connectivity index (χ3n) is 1.72. The van der Waals surface area contributed by atoms with E-state index in [-0.39, 0.29) is 0 Å². The van der Waals surface area contributed by atoms with Crippen LogP contribution in [0.15, 0.2) is 24.5 Å². The molecule has 0 amide bonds. The molecule has 0 aromatic carbocycles. The van der Waals surface area contributed by atoms with Crippen LogP contribution in [0.1, 0.15) is 19.8 Å². The van der Waals surface area contributed by atoms with Gasteiger partial charge in [0.15, 0.2) is 0 Å². The maximum atomic E-state index is 5.37. The van der Waals surface area contributed by atoms with Gasteiger partial charge in [-0.3, -0.25) is 0 Å². The van der Waals surface area contributed by atoms with E-state index in [9.17, 15) is 0 Å². The molecule has 0 aliphatic heterocycles. The van der Waals surface area contributed by atoms with Gasteiger partial charge in [-0.15, -0.1) is 0 Å². The fraction of sp³-hybridized carbons (Fsp3) is 0.600. The Morgan fingerprint density at radius 1 is 1.17 bits per heavy atom. The van der Waals surface area contributed by atoms with E-state index < -0.39 is 0 Å². The molecule has 1 rings (SSSR count). The Morgan fingerprint density at radius 2 is 1.92 bits per heavy atom. The van der Waals surface area contributed by atoms with E-state index in [1.165, 1.54) is 0 Å². The molecule has 0 fully saturated rings. The van der Waals surface area contributed by atoms with Crippen molar-refractivity contribution in [3.8, 4) is 0 Å². The minimum atomic E-state index is 0.881. The van der Waals surface area contributed by atoms with Gasteiger partial charge in [0, 0.05) is 32.2 Å². The maximum absolute atomic E-state index is 5.37. The largest absolute Gasteiger partial charge is 0.381 e. The van der Waals surface area contributed by atoms with Gasteiger partial charge in [0.2, 0.25) is 0 Å². The molecule has 0 saturated carbocycles. The molecular weight excluding hydrogens is 150 g/mol. The Morgan fingerprint density at radius 3 is 2.58 bits per heavy atom. The topological polar surface area (TPSA) is 14.2 Å². The lowest BCUT2D eigenvalue weighted by Crippen LogP contribution is -2.01. The third kappa shape index (κ3) is 3.58. The molecule has 2 heteroatoms. The molecule has 2 nitrogen and oxygen atoms in total. The van der Waals surface area contributed by atoms with E-state index in [0.29, 0.717) is 0 Å². The van der Waals surface area contributed by atoms with Crippen molar-refractivity contribution in [1.82, 2.24) is 4.57 Å². The van der Waals surface area contributed by atoms with Gasteiger partial charge in [-0.25, -0.2) is 0 Å². The molecule has 68 valence electrons. The minimum Gasteiger partial charge on any atom is -0.381 e. The van der Waals surface area contributed by atoms with E-state index in [2.05, 4.69) is 23.9 Å². The number of aromatic nitrogens is 1. The second-order valence-corrected chi connectivity index (χ2v) is 2.89. The Kier molecular flexibility index (Phi) is 4.54. The quantitative estimate of drug-likeness (QED) is 0.593. The molecular formula is C10H17NO. The molecule has 12 heavy (non-hydrogen) atoms. The van der Waals surface area contributed by atoms with Crippen LogP contribution in [0.2, 0.25) is 0 Å². The highest BCUT2D eigenvalue weighted by Crippen LogP contribution is 1.93. The predicted molar refractivity (Wildman–Crippen MR) is 50.2 cm³/mol. The van der Waals surface area contributed by atoms with Crippen LogP contribution < -0.4 is 0 Å². The predicted octanol–water partition coefficient (Wildman–Crippen LogP) is 2.30. The molecule has 0 N–H and O–H groups in total. The molecule has 0 radical (unpaired) electrons. The summed E-state index contributed by atoms with van der Waals surface area (Å²) in [5.74, 6) is 0. The van der Waals surface area contributed by atoms with Crippen molar-refractivity contribution in [3.63, 3.8) is 0 Å². The van der Waals surface area contributed by atoms with Crippen LogP contribution in [0, 0.1) is 0 Å². The van der Waals surface area contributed by atoms with Crippen molar-refractivity contribution < 1.29 is 4.74 Å². The van der Waals surface area contributed by atoms with Crippen molar-refractivity contribution in [1.29, 1.82) is 0 Å². The summed E-state index contributed by atoms with van der Waals surface area (Å²) in [4.78, 5) is 0. The highest BCUT2D eigenvalue weighted by Gasteiger charge is 1.89. The summed E-state index contributed by atoms with van der Waals surface area (Å²) in [6, 6.07) is 4.10. The van der Waals surface area contributed by atoms with Crippen molar-refractivity contribution in [3.05, 3.63) is 24.5 Å². The zero-order valence-corrected chi connectivity index (χ0v) is 7.70. The first-order valence-electron chi connectivity index (χ1n) is 4.62. The normalized spacial score (nSPS) is 10.4. The number of hydrogen-bond acceptors (Lipinski definition) is 1. The monoisotopic (exact) mass is 167 g/mol. The zero-order valence-electron chi connectivity index (χ0n) is 7.70. The van der Waals surface area contributed by atoms with Gasteiger partial charge in [0.05, 0.1) is 0 Å². The molecule has 0 unspecified atom stereocenters. The fourth-order valence-electron chi connectivity index (χ4n) is 1.11. The second kappa shape index (κ2) is 5.84. The van der Waals surface area contributed by atoms with E-state index in [1.54, 1.807) is 0 Å². The van der Waals surface area contributed by atoms with Gasteiger partial charge in [0.25, 0.3) is 0 Å². The van der Waals surface area contributed by atoms with Crippen LogP contribution in [0.5, 0.6) is 0 Å². The lowest BCUT2D eigenvalue weighted by atomic mass is 10.4. The van der Waals surface area contributed by atoms with Gasteiger partial charge in [-0.1, -0.05) is 6.92 Å². The minimum absolute atomic E-state index is 0.881. The number of rotatable bonds is 6. The molecule has 0 atom stereocenters. The lowest BCUT2D eigenvalue weighted by Gasteiger charge is -2.03. The van der Waals surface area contributed by atoms with E-state index in [1.807, 2.05) is 12.1 Å². The van der Waals surface area contributed by atoms with Crippen molar-refractivity contribution in [2.24, 2.45) is 0 Å². The summed E-state index contributed by atoms with van der Waals surface area (Å²) < 4.78 is 7.54. The molecule has 0 spiro atoms. The van der Waals surface area contributed by atoms with Crippen LogP contribution in [0.3, 0.4) is 0 Å². The lowest BCUT2D eigenvalue weighted by molar-refractivity contribution is 0.129. The van der Waals surface area contributed by atoms with Gasteiger partial charge < -0.3 is 9.30 Å². The second-order valence-electron chi connectivity index (χ2n) is 2.89. The van der Waals surface area contributed by atoms with Gasteiger partial charge in [-0.05, 0) is 25.0 Å². The van der Waals surface area contributed by atoms with Crippen LogP contribution >= 0.6 is 0 Å². The maximum Gasteiger partial charge on any atom is 0.0483 e. The van der Waals surface area contributed by atoms with Crippen LogP contribution in [0.4, 0.5) is 0 Å². The molecule has 1 heterocycles. The number of aryl methyl sites for hydroxylation is 1. The highest BCUT2D eigenvalue weighted by atomic mass is 16.5. The molecule has 0 saturated heterocycles. The van der Waals surface area contributed by atoms with Gasteiger partial charge in [-0.2, -0.15) is 0 Å². The summed E-state index contributed by atoms with van der Waals surface area (Å²) in [5.41, 5.74) is 0. The summed E-state index contributed by atoms with van der Waals surface area (Å²) in [5, 5.41) is 0. The van der Waals surface area contributed by atoms with E-state index in [0.717, 1.165) is 32.6 Å². The van der Waals surface area contributed by atoms with E-state index >= 15 is 0 Å². The third-order valence-corrected chi connectivity index (χ3v) is 1.72. The fourth-order valence-corrected chi connectivity index (χ4v) is 1.11. The molecule has 0 bridgehead atoms. The highest BCUT2D eigenvalue weighted by molar-refractivity contribution is 4.89. The smallest absolute Gasteiger partial charge is 0.0483 e. The van der Waals surface area contributed by atoms with E-state index in [4.69, 9.17) is 4.74 Å². The number of nitrogens with zero attached hydrogens (tertiary/aromatic N) is 1. The summed E-state index contributed by atoms with van der Waals surface area (Å²) in [6.07, 6.45) is 6.39.